The van der Waals surface area contributed by atoms with Gasteiger partial charge >= 0.3 is 0 Å². The normalized spacial score (nSPS) is 11.9. The summed E-state index contributed by atoms with van der Waals surface area (Å²) < 4.78 is 1.45. The van der Waals surface area contributed by atoms with Crippen LogP contribution in [0.25, 0.3) is 10.8 Å². The van der Waals surface area contributed by atoms with E-state index in [0.29, 0.717) is 17.3 Å². The van der Waals surface area contributed by atoms with Crippen molar-refractivity contribution >= 4 is 10.8 Å². The third kappa shape index (κ3) is 2.30. The van der Waals surface area contributed by atoms with E-state index in [0.717, 1.165) is 0 Å². The topological polar surface area (TPSA) is 55.1 Å². The van der Waals surface area contributed by atoms with E-state index in [2.05, 4.69) is 5.10 Å². The van der Waals surface area contributed by atoms with Crippen LogP contribution < -0.4 is 5.56 Å². The standard InChI is InChI=1S/C13H16N2O2/c1-13(2,3)8-15-12(17)9-5-4-6-11(16)10(9)7-14-15/h4-7,16H,8H2,1-3H3. The predicted octanol–water partition coefficient (Wildman–Crippen LogP) is 2.15. The molecule has 0 saturated heterocycles. The number of nitrogens with zero attached hydrogens (tertiary/aromatic N) is 2. The van der Waals surface area contributed by atoms with Gasteiger partial charge in [-0.2, -0.15) is 5.10 Å². The van der Waals surface area contributed by atoms with E-state index in [1.165, 1.54) is 10.9 Å². The van der Waals surface area contributed by atoms with Crippen LogP contribution in [0.15, 0.2) is 29.2 Å². The Hall–Kier alpha value is -1.84. The molecule has 4 nitrogen and oxygen atoms in total. The molecule has 2 aromatic rings. The predicted molar refractivity (Wildman–Crippen MR) is 67.1 cm³/mol. The van der Waals surface area contributed by atoms with Crippen molar-refractivity contribution in [3.8, 4) is 5.75 Å². The first-order valence-electron chi connectivity index (χ1n) is 5.56. The number of phenols is 1. The maximum atomic E-state index is 12.1. The van der Waals surface area contributed by atoms with Gasteiger partial charge < -0.3 is 5.11 Å². The highest BCUT2D eigenvalue weighted by Crippen LogP contribution is 2.21. The summed E-state index contributed by atoms with van der Waals surface area (Å²) in [6.45, 7) is 6.70. The van der Waals surface area contributed by atoms with E-state index in [1.807, 2.05) is 20.8 Å². The van der Waals surface area contributed by atoms with E-state index in [-0.39, 0.29) is 16.7 Å². The van der Waals surface area contributed by atoms with Crippen LogP contribution in [0.4, 0.5) is 0 Å². The molecule has 4 heteroatoms. The Balaban J connectivity index is 2.63. The average molecular weight is 232 g/mol. The molecular weight excluding hydrogens is 216 g/mol. The first kappa shape index (κ1) is 11.6. The monoisotopic (exact) mass is 232 g/mol. The van der Waals surface area contributed by atoms with Crippen molar-refractivity contribution in [2.45, 2.75) is 27.3 Å². The Kier molecular flexibility index (Phi) is 2.65. The van der Waals surface area contributed by atoms with E-state index in [9.17, 15) is 9.90 Å². The van der Waals surface area contributed by atoms with Gasteiger partial charge in [-0.15, -0.1) is 0 Å². The molecule has 0 saturated carbocycles. The van der Waals surface area contributed by atoms with Crippen LogP contribution in [-0.4, -0.2) is 14.9 Å². The molecular formula is C13H16N2O2. The molecule has 0 spiro atoms. The molecule has 1 aromatic heterocycles. The molecule has 1 aromatic carbocycles. The number of fused-ring (bicyclic) bond motifs is 1. The lowest BCUT2D eigenvalue weighted by Crippen LogP contribution is -2.28. The highest BCUT2D eigenvalue weighted by Gasteiger charge is 2.14. The van der Waals surface area contributed by atoms with Crippen molar-refractivity contribution in [1.82, 2.24) is 9.78 Å². The summed E-state index contributed by atoms with van der Waals surface area (Å²) in [5.41, 5.74) is -0.172. The first-order chi connectivity index (χ1) is 7.88. The number of aromatic hydroxyl groups is 1. The molecule has 0 unspecified atom stereocenters. The number of hydrogen-bond acceptors (Lipinski definition) is 3. The minimum Gasteiger partial charge on any atom is -0.507 e. The van der Waals surface area contributed by atoms with Crippen LogP contribution in [0.5, 0.6) is 5.75 Å². The second kappa shape index (κ2) is 3.87. The summed E-state index contributed by atoms with van der Waals surface area (Å²) in [7, 11) is 0. The molecule has 90 valence electrons. The van der Waals surface area contributed by atoms with Crippen LogP contribution in [-0.2, 0) is 6.54 Å². The maximum absolute atomic E-state index is 12.1. The zero-order chi connectivity index (χ0) is 12.6. The SMILES string of the molecule is CC(C)(C)Cn1ncc2c(O)cccc2c1=O. The van der Waals surface area contributed by atoms with Gasteiger partial charge in [-0.25, -0.2) is 4.68 Å². The van der Waals surface area contributed by atoms with E-state index in [1.54, 1.807) is 18.2 Å². The molecule has 0 fully saturated rings. The van der Waals surface area contributed by atoms with Gasteiger partial charge in [-0.05, 0) is 17.5 Å². The Bertz CT molecular complexity index is 609. The highest BCUT2D eigenvalue weighted by molar-refractivity contribution is 5.86. The minimum absolute atomic E-state index is 0.0126. The van der Waals surface area contributed by atoms with Gasteiger partial charge in [0.25, 0.3) is 5.56 Å². The van der Waals surface area contributed by atoms with Crippen molar-refractivity contribution in [1.29, 1.82) is 0 Å². The lowest BCUT2D eigenvalue weighted by atomic mass is 9.97. The quantitative estimate of drug-likeness (QED) is 0.819. The van der Waals surface area contributed by atoms with Gasteiger partial charge in [0.1, 0.15) is 5.75 Å². The summed E-state index contributed by atoms with van der Waals surface area (Å²) >= 11 is 0. The molecule has 1 heterocycles. The van der Waals surface area contributed by atoms with Gasteiger partial charge in [-0.1, -0.05) is 26.8 Å². The van der Waals surface area contributed by atoms with Crippen LogP contribution in [0.3, 0.4) is 0 Å². The summed E-state index contributed by atoms with van der Waals surface area (Å²) in [6, 6.07) is 4.93. The molecule has 0 bridgehead atoms. The van der Waals surface area contributed by atoms with Crippen molar-refractivity contribution in [2.75, 3.05) is 0 Å². The molecule has 0 aliphatic carbocycles. The first-order valence-corrected chi connectivity index (χ1v) is 5.56. The Morgan fingerprint density at radius 3 is 2.65 bits per heavy atom. The zero-order valence-electron chi connectivity index (χ0n) is 10.3. The molecule has 2 rings (SSSR count). The van der Waals surface area contributed by atoms with Crippen molar-refractivity contribution in [3.05, 3.63) is 34.7 Å². The van der Waals surface area contributed by atoms with Gasteiger partial charge in [-0.3, -0.25) is 4.79 Å². The Morgan fingerprint density at radius 2 is 2.00 bits per heavy atom. The van der Waals surface area contributed by atoms with Crippen molar-refractivity contribution in [2.24, 2.45) is 5.41 Å². The van der Waals surface area contributed by atoms with Crippen LogP contribution in [0.1, 0.15) is 20.8 Å². The van der Waals surface area contributed by atoms with Crippen molar-refractivity contribution < 1.29 is 5.11 Å². The summed E-state index contributed by atoms with van der Waals surface area (Å²) in [4.78, 5) is 12.1. The van der Waals surface area contributed by atoms with Crippen molar-refractivity contribution in [3.63, 3.8) is 0 Å². The maximum Gasteiger partial charge on any atom is 0.274 e. The lowest BCUT2D eigenvalue weighted by molar-refractivity contribution is 0.318. The fourth-order valence-corrected chi connectivity index (χ4v) is 1.76. The highest BCUT2D eigenvalue weighted by atomic mass is 16.3. The summed E-state index contributed by atoms with van der Waals surface area (Å²) in [5.74, 6) is 0.0926. The smallest absolute Gasteiger partial charge is 0.274 e. The molecule has 1 N–H and O–H groups in total. The van der Waals surface area contributed by atoms with Crippen LogP contribution >= 0.6 is 0 Å². The zero-order valence-corrected chi connectivity index (χ0v) is 10.3. The van der Waals surface area contributed by atoms with Gasteiger partial charge in [0.2, 0.25) is 0 Å². The number of hydrogen-bond donors (Lipinski definition) is 1. The third-order valence-corrected chi connectivity index (χ3v) is 2.50. The number of rotatable bonds is 1. The van der Waals surface area contributed by atoms with E-state index in [4.69, 9.17) is 0 Å². The number of aromatic nitrogens is 2. The molecule has 0 atom stereocenters. The van der Waals surface area contributed by atoms with E-state index >= 15 is 0 Å². The van der Waals surface area contributed by atoms with E-state index < -0.39 is 0 Å². The Labute approximate surface area is 99.5 Å². The van der Waals surface area contributed by atoms with Gasteiger partial charge in [0, 0.05) is 11.9 Å². The second-order valence-corrected chi connectivity index (χ2v) is 5.41. The fraction of sp³-hybridized carbons (Fsp3) is 0.385. The molecule has 0 amide bonds. The number of benzene rings is 1. The number of phenolic OH excluding ortho intramolecular Hbond substituents is 1. The largest absolute Gasteiger partial charge is 0.507 e. The van der Waals surface area contributed by atoms with Gasteiger partial charge in [0.15, 0.2) is 0 Å². The lowest BCUT2D eigenvalue weighted by Gasteiger charge is -2.18. The fourth-order valence-electron chi connectivity index (χ4n) is 1.76. The molecule has 0 aliphatic heterocycles. The Morgan fingerprint density at radius 1 is 1.29 bits per heavy atom. The molecule has 0 aliphatic rings. The summed E-state index contributed by atoms with van der Waals surface area (Å²) in [5, 5.41) is 14.7. The molecule has 17 heavy (non-hydrogen) atoms. The van der Waals surface area contributed by atoms with Gasteiger partial charge in [0.05, 0.1) is 11.6 Å². The van der Waals surface area contributed by atoms with Crippen LogP contribution in [0, 0.1) is 5.41 Å². The molecule has 0 radical (unpaired) electrons. The third-order valence-electron chi connectivity index (χ3n) is 2.50. The average Bonchev–Trinajstić information content (AvgIpc) is 2.21. The van der Waals surface area contributed by atoms with Crippen LogP contribution in [0.2, 0.25) is 0 Å². The summed E-state index contributed by atoms with van der Waals surface area (Å²) in [6.07, 6.45) is 1.54. The second-order valence-electron chi connectivity index (χ2n) is 5.41. The minimum atomic E-state index is -0.159.